The van der Waals surface area contributed by atoms with Crippen LogP contribution in [0.1, 0.15) is 21.5 Å². The normalized spacial score (nSPS) is 10.8. The highest BCUT2D eigenvalue weighted by Gasteiger charge is 2.11. The lowest BCUT2D eigenvalue weighted by molar-refractivity contribution is 0.102. The van der Waals surface area contributed by atoms with E-state index in [4.69, 9.17) is 4.42 Å². The zero-order valence-electron chi connectivity index (χ0n) is 14.5. The fraction of sp³-hybridized carbons (Fsp3) is 0.0952. The van der Waals surface area contributed by atoms with Gasteiger partial charge in [0.15, 0.2) is 12.0 Å². The lowest BCUT2D eigenvalue weighted by Gasteiger charge is -2.09. The van der Waals surface area contributed by atoms with Gasteiger partial charge in [-0.2, -0.15) is 0 Å². The first-order chi connectivity index (χ1) is 12.6. The smallest absolute Gasteiger partial charge is 0.257 e. The molecule has 0 atom stereocenters. The lowest BCUT2D eigenvalue weighted by atomic mass is 10.0. The van der Waals surface area contributed by atoms with Crippen molar-refractivity contribution in [1.29, 1.82) is 0 Å². The maximum atomic E-state index is 12.4. The molecule has 128 valence electrons. The fourth-order valence-corrected chi connectivity index (χ4v) is 2.96. The highest BCUT2D eigenvalue weighted by molar-refractivity contribution is 6.04. The second-order valence-corrected chi connectivity index (χ2v) is 6.19. The molecule has 1 N–H and O–H groups in total. The second kappa shape index (κ2) is 6.44. The maximum absolute atomic E-state index is 12.4. The van der Waals surface area contributed by atoms with Gasteiger partial charge in [-0.15, -0.1) is 0 Å². The van der Waals surface area contributed by atoms with Gasteiger partial charge < -0.3 is 9.73 Å². The number of carbonyl (C=O) groups is 1. The van der Waals surface area contributed by atoms with Gasteiger partial charge in [-0.1, -0.05) is 18.2 Å². The maximum Gasteiger partial charge on any atom is 0.257 e. The predicted octanol–water partition coefficient (Wildman–Crippen LogP) is 4.76. The van der Waals surface area contributed by atoms with E-state index in [0.717, 1.165) is 33.4 Å². The minimum absolute atomic E-state index is 0.164. The van der Waals surface area contributed by atoms with E-state index in [-0.39, 0.29) is 5.91 Å². The highest BCUT2D eigenvalue weighted by Crippen LogP contribution is 2.28. The zero-order chi connectivity index (χ0) is 18.1. The molecule has 2 aromatic heterocycles. The van der Waals surface area contributed by atoms with E-state index in [2.05, 4.69) is 15.3 Å². The first-order valence-electron chi connectivity index (χ1n) is 8.29. The van der Waals surface area contributed by atoms with E-state index < -0.39 is 0 Å². The van der Waals surface area contributed by atoms with Crippen LogP contribution in [0.25, 0.3) is 22.2 Å². The molecule has 4 rings (SSSR count). The summed E-state index contributed by atoms with van der Waals surface area (Å²) in [6.45, 7) is 3.94. The molecule has 5 nitrogen and oxygen atoms in total. The number of hydrogen-bond acceptors (Lipinski definition) is 4. The van der Waals surface area contributed by atoms with Gasteiger partial charge in [0.05, 0.1) is 0 Å². The number of hydrogen-bond donors (Lipinski definition) is 1. The Kier molecular flexibility index (Phi) is 3.97. The summed E-state index contributed by atoms with van der Waals surface area (Å²) in [6.07, 6.45) is 3.19. The summed E-state index contributed by atoms with van der Waals surface area (Å²) in [5, 5.41) is 2.84. The van der Waals surface area contributed by atoms with Gasteiger partial charge in [0, 0.05) is 17.3 Å². The van der Waals surface area contributed by atoms with Crippen LogP contribution in [0.4, 0.5) is 5.82 Å². The molecule has 5 heteroatoms. The van der Waals surface area contributed by atoms with Crippen molar-refractivity contribution in [3.05, 3.63) is 77.8 Å². The number of nitrogens with zero attached hydrogens (tertiary/aromatic N) is 2. The Balaban J connectivity index is 1.59. The second-order valence-electron chi connectivity index (χ2n) is 6.19. The van der Waals surface area contributed by atoms with Crippen molar-refractivity contribution in [3.63, 3.8) is 0 Å². The van der Waals surface area contributed by atoms with Crippen molar-refractivity contribution in [3.8, 4) is 11.1 Å². The predicted molar refractivity (Wildman–Crippen MR) is 101 cm³/mol. The molecule has 2 heterocycles. The molecule has 0 unspecified atom stereocenters. The van der Waals surface area contributed by atoms with Crippen LogP contribution in [0, 0.1) is 13.8 Å². The monoisotopic (exact) mass is 343 g/mol. The average molecular weight is 343 g/mol. The van der Waals surface area contributed by atoms with Crippen molar-refractivity contribution in [1.82, 2.24) is 9.97 Å². The van der Waals surface area contributed by atoms with Crippen LogP contribution in [0.2, 0.25) is 0 Å². The van der Waals surface area contributed by atoms with E-state index in [1.807, 2.05) is 50.2 Å². The molecule has 0 saturated carbocycles. The molecular formula is C21H17N3O2. The third-order valence-corrected chi connectivity index (χ3v) is 4.38. The van der Waals surface area contributed by atoms with Crippen LogP contribution in [-0.2, 0) is 0 Å². The van der Waals surface area contributed by atoms with Gasteiger partial charge in [0.25, 0.3) is 5.91 Å². The molecule has 4 aromatic rings. The largest absolute Gasteiger partial charge is 0.443 e. The van der Waals surface area contributed by atoms with Gasteiger partial charge in [-0.3, -0.25) is 4.79 Å². The van der Waals surface area contributed by atoms with Crippen LogP contribution in [0.5, 0.6) is 0 Å². The standard InChI is InChI=1S/C21H17N3O2/c1-13-5-3-4-6-16(13)21(25)24-20-8-7-15(11-22-20)17-10-19-18(9-14(17)2)23-12-26-19/h3-12H,1-2H3,(H,22,24,25). The summed E-state index contributed by atoms with van der Waals surface area (Å²) < 4.78 is 5.38. The van der Waals surface area contributed by atoms with Crippen molar-refractivity contribution in [2.75, 3.05) is 5.32 Å². The summed E-state index contributed by atoms with van der Waals surface area (Å²) >= 11 is 0. The van der Waals surface area contributed by atoms with Crippen LogP contribution in [0.3, 0.4) is 0 Å². The third-order valence-electron chi connectivity index (χ3n) is 4.38. The van der Waals surface area contributed by atoms with Crippen molar-refractivity contribution >= 4 is 22.8 Å². The summed E-state index contributed by atoms with van der Waals surface area (Å²) in [5.74, 6) is 0.350. The average Bonchev–Trinajstić information content (AvgIpc) is 3.09. The van der Waals surface area contributed by atoms with E-state index in [0.29, 0.717) is 11.4 Å². The molecule has 1 amide bonds. The van der Waals surface area contributed by atoms with Crippen LogP contribution >= 0.6 is 0 Å². The van der Waals surface area contributed by atoms with E-state index in [9.17, 15) is 4.79 Å². The van der Waals surface area contributed by atoms with Gasteiger partial charge in [0.2, 0.25) is 0 Å². The Bertz CT molecular complexity index is 1100. The van der Waals surface area contributed by atoms with Crippen LogP contribution < -0.4 is 5.32 Å². The number of amides is 1. The molecule has 0 aliphatic rings. The quantitative estimate of drug-likeness (QED) is 0.582. The number of carbonyl (C=O) groups excluding carboxylic acids is 1. The fourth-order valence-electron chi connectivity index (χ4n) is 2.96. The number of benzene rings is 2. The first-order valence-corrected chi connectivity index (χ1v) is 8.29. The molecule has 0 bridgehead atoms. The van der Waals surface area contributed by atoms with Crippen LogP contribution in [0.15, 0.2) is 65.5 Å². The SMILES string of the molecule is Cc1ccccc1C(=O)Nc1ccc(-c2cc3ocnc3cc2C)cn1. The summed E-state index contributed by atoms with van der Waals surface area (Å²) in [5.41, 5.74) is 6.21. The Labute approximate surface area is 150 Å². The Hall–Kier alpha value is -3.47. The van der Waals surface area contributed by atoms with Crippen molar-refractivity contribution < 1.29 is 9.21 Å². The minimum Gasteiger partial charge on any atom is -0.443 e. The van der Waals surface area contributed by atoms with Gasteiger partial charge in [-0.25, -0.2) is 9.97 Å². The molecule has 0 aliphatic carbocycles. The molecule has 0 spiro atoms. The molecule has 0 aliphatic heterocycles. The van der Waals surface area contributed by atoms with Crippen LogP contribution in [-0.4, -0.2) is 15.9 Å². The van der Waals surface area contributed by atoms with E-state index in [1.54, 1.807) is 18.3 Å². The first kappa shape index (κ1) is 16.0. The molecule has 0 radical (unpaired) electrons. The third kappa shape index (κ3) is 2.95. The number of anilines is 1. The van der Waals surface area contributed by atoms with E-state index in [1.165, 1.54) is 6.39 Å². The highest BCUT2D eigenvalue weighted by atomic mass is 16.3. The number of aryl methyl sites for hydroxylation is 2. The summed E-state index contributed by atoms with van der Waals surface area (Å²) in [6, 6.07) is 15.2. The topological polar surface area (TPSA) is 68.0 Å². The van der Waals surface area contributed by atoms with Gasteiger partial charge in [-0.05, 0) is 60.9 Å². The van der Waals surface area contributed by atoms with E-state index >= 15 is 0 Å². The lowest BCUT2D eigenvalue weighted by Crippen LogP contribution is -2.14. The summed E-state index contributed by atoms with van der Waals surface area (Å²) in [7, 11) is 0. The van der Waals surface area contributed by atoms with Gasteiger partial charge >= 0.3 is 0 Å². The molecule has 0 fully saturated rings. The zero-order valence-corrected chi connectivity index (χ0v) is 14.5. The number of rotatable bonds is 3. The minimum atomic E-state index is -0.164. The Morgan fingerprint density at radius 1 is 1.00 bits per heavy atom. The Morgan fingerprint density at radius 3 is 2.62 bits per heavy atom. The number of aromatic nitrogens is 2. The summed E-state index contributed by atoms with van der Waals surface area (Å²) in [4.78, 5) is 20.9. The molecule has 0 saturated heterocycles. The number of oxazole rings is 1. The molecule has 2 aromatic carbocycles. The Morgan fingerprint density at radius 2 is 1.85 bits per heavy atom. The number of nitrogens with one attached hydrogen (secondary N) is 1. The van der Waals surface area contributed by atoms with Gasteiger partial charge in [0.1, 0.15) is 11.3 Å². The number of pyridine rings is 1. The number of fused-ring (bicyclic) bond motifs is 1. The molecule has 26 heavy (non-hydrogen) atoms. The van der Waals surface area contributed by atoms with Crippen molar-refractivity contribution in [2.24, 2.45) is 0 Å². The molecular weight excluding hydrogens is 326 g/mol. The van der Waals surface area contributed by atoms with Crippen molar-refractivity contribution in [2.45, 2.75) is 13.8 Å².